The average Bonchev–Trinajstić information content (AvgIpc) is 2.37. The molecule has 1 rings (SSSR count). The summed E-state index contributed by atoms with van der Waals surface area (Å²) in [4.78, 5) is 0. The minimum Gasteiger partial charge on any atom is -0.387 e. The molecule has 0 fully saturated rings. The van der Waals surface area contributed by atoms with Crippen LogP contribution in [-0.2, 0) is 6.54 Å². The minimum absolute atomic E-state index is 0.530. The Morgan fingerprint density at radius 1 is 1.82 bits per heavy atom. The van der Waals surface area contributed by atoms with Crippen molar-refractivity contribution in [2.24, 2.45) is 5.73 Å². The molecule has 0 bridgehead atoms. The molecule has 0 aliphatic rings. The molecule has 1 aromatic heterocycles. The Kier molecular flexibility index (Phi) is 2.56. The van der Waals surface area contributed by atoms with Crippen LogP contribution < -0.4 is 5.73 Å². The minimum atomic E-state index is -0.554. The van der Waals surface area contributed by atoms with Gasteiger partial charge in [-0.1, -0.05) is 5.21 Å². The molecule has 0 saturated heterocycles. The molecular weight excluding hydrogens is 144 g/mol. The zero-order valence-electron chi connectivity index (χ0n) is 6.44. The fourth-order valence-corrected chi connectivity index (χ4v) is 0.746. The fourth-order valence-electron chi connectivity index (χ4n) is 0.746. The first kappa shape index (κ1) is 8.16. The van der Waals surface area contributed by atoms with E-state index in [0.717, 1.165) is 0 Å². The van der Waals surface area contributed by atoms with Crippen molar-refractivity contribution in [1.29, 1.82) is 0 Å². The van der Waals surface area contributed by atoms with Crippen LogP contribution in [0, 0.1) is 0 Å². The van der Waals surface area contributed by atoms with E-state index in [1.807, 2.05) is 0 Å². The Bertz CT molecular complexity index is 220. The summed E-state index contributed by atoms with van der Waals surface area (Å²) in [5.74, 6) is 0. The molecule has 0 amide bonds. The summed E-state index contributed by atoms with van der Waals surface area (Å²) in [7, 11) is 0. The molecule has 0 aromatic carbocycles. The number of nitrogens with two attached hydrogens (primary N) is 1. The summed E-state index contributed by atoms with van der Waals surface area (Å²) < 4.78 is 1.61. The summed E-state index contributed by atoms with van der Waals surface area (Å²) in [6.45, 7) is 2.82. The average molecular weight is 156 g/mol. The molecule has 0 spiro atoms. The van der Waals surface area contributed by atoms with Gasteiger partial charge in [-0.05, 0) is 6.92 Å². The molecule has 0 aliphatic carbocycles. The molecule has 3 N–H and O–H groups in total. The van der Waals surface area contributed by atoms with Gasteiger partial charge in [0.05, 0.1) is 18.8 Å². The van der Waals surface area contributed by atoms with Crippen molar-refractivity contribution in [3.8, 4) is 0 Å². The standard InChI is InChI=1S/C6H12N4O/c1-5(11)6-4-10(3-2-7)9-8-6/h4-5,11H,2-3,7H2,1H3/t5-/m0/s1. The van der Waals surface area contributed by atoms with Crippen LogP contribution in [0.3, 0.4) is 0 Å². The highest BCUT2D eigenvalue weighted by molar-refractivity contribution is 4.95. The van der Waals surface area contributed by atoms with Gasteiger partial charge >= 0.3 is 0 Å². The molecule has 0 unspecified atom stereocenters. The van der Waals surface area contributed by atoms with E-state index in [-0.39, 0.29) is 0 Å². The topological polar surface area (TPSA) is 77.0 Å². The predicted molar refractivity (Wildman–Crippen MR) is 39.7 cm³/mol. The van der Waals surface area contributed by atoms with Crippen LogP contribution in [0.5, 0.6) is 0 Å². The molecule has 5 heteroatoms. The van der Waals surface area contributed by atoms with Crippen molar-refractivity contribution >= 4 is 0 Å². The van der Waals surface area contributed by atoms with Crippen molar-refractivity contribution in [3.63, 3.8) is 0 Å². The van der Waals surface area contributed by atoms with E-state index >= 15 is 0 Å². The molecule has 1 heterocycles. The Morgan fingerprint density at radius 3 is 3.00 bits per heavy atom. The molecule has 0 radical (unpaired) electrons. The highest BCUT2D eigenvalue weighted by Crippen LogP contribution is 2.05. The number of hydrogen-bond donors (Lipinski definition) is 2. The van der Waals surface area contributed by atoms with Crippen LogP contribution in [0.2, 0.25) is 0 Å². The van der Waals surface area contributed by atoms with Gasteiger partial charge in [-0.15, -0.1) is 5.10 Å². The van der Waals surface area contributed by atoms with Crippen LogP contribution in [0.1, 0.15) is 18.7 Å². The van der Waals surface area contributed by atoms with Gasteiger partial charge in [-0.2, -0.15) is 0 Å². The van der Waals surface area contributed by atoms with Crippen LogP contribution >= 0.6 is 0 Å². The van der Waals surface area contributed by atoms with Gasteiger partial charge in [0, 0.05) is 6.54 Å². The maximum absolute atomic E-state index is 9.06. The monoisotopic (exact) mass is 156 g/mol. The van der Waals surface area contributed by atoms with Gasteiger partial charge in [0.2, 0.25) is 0 Å². The second-order valence-corrected chi connectivity index (χ2v) is 2.37. The van der Waals surface area contributed by atoms with Gasteiger partial charge < -0.3 is 10.8 Å². The smallest absolute Gasteiger partial charge is 0.111 e. The lowest BCUT2D eigenvalue weighted by Gasteiger charge is -1.95. The van der Waals surface area contributed by atoms with Crippen molar-refractivity contribution in [1.82, 2.24) is 15.0 Å². The number of rotatable bonds is 3. The lowest BCUT2D eigenvalue weighted by atomic mass is 10.3. The summed E-state index contributed by atoms with van der Waals surface area (Å²) >= 11 is 0. The van der Waals surface area contributed by atoms with Gasteiger partial charge in [-0.25, -0.2) is 0 Å². The Hall–Kier alpha value is -0.940. The van der Waals surface area contributed by atoms with Crippen LogP contribution in [0.15, 0.2) is 6.20 Å². The second-order valence-electron chi connectivity index (χ2n) is 2.37. The fraction of sp³-hybridized carbons (Fsp3) is 0.667. The van der Waals surface area contributed by atoms with Crippen molar-refractivity contribution < 1.29 is 5.11 Å². The zero-order valence-corrected chi connectivity index (χ0v) is 6.44. The molecule has 0 aliphatic heterocycles. The first-order chi connectivity index (χ1) is 5.24. The number of hydrogen-bond acceptors (Lipinski definition) is 4. The number of aliphatic hydroxyl groups excluding tert-OH is 1. The summed E-state index contributed by atoms with van der Waals surface area (Å²) in [5, 5.41) is 16.6. The van der Waals surface area contributed by atoms with E-state index in [4.69, 9.17) is 10.8 Å². The third kappa shape index (κ3) is 1.99. The van der Waals surface area contributed by atoms with E-state index in [2.05, 4.69) is 10.3 Å². The van der Waals surface area contributed by atoms with Gasteiger partial charge in [0.15, 0.2) is 0 Å². The third-order valence-corrected chi connectivity index (χ3v) is 1.34. The third-order valence-electron chi connectivity index (χ3n) is 1.34. The number of aliphatic hydroxyl groups is 1. The molecular formula is C6H12N4O. The van der Waals surface area contributed by atoms with E-state index in [9.17, 15) is 0 Å². The van der Waals surface area contributed by atoms with Crippen LogP contribution in [0.25, 0.3) is 0 Å². The predicted octanol–water partition coefficient (Wildman–Crippen LogP) is -0.710. The second kappa shape index (κ2) is 3.45. The number of aromatic nitrogens is 3. The van der Waals surface area contributed by atoms with Gasteiger partial charge in [0.25, 0.3) is 0 Å². The summed E-state index contributed by atoms with van der Waals surface area (Å²) in [5.41, 5.74) is 5.88. The molecule has 5 nitrogen and oxygen atoms in total. The SMILES string of the molecule is C[C@H](O)c1cn(CCN)nn1. The molecule has 1 aromatic rings. The quantitative estimate of drug-likeness (QED) is 0.606. The normalized spacial score (nSPS) is 13.4. The number of nitrogens with zero attached hydrogens (tertiary/aromatic N) is 3. The molecule has 0 saturated carbocycles. The molecule has 11 heavy (non-hydrogen) atoms. The van der Waals surface area contributed by atoms with E-state index in [0.29, 0.717) is 18.8 Å². The first-order valence-corrected chi connectivity index (χ1v) is 3.52. The van der Waals surface area contributed by atoms with Gasteiger partial charge in [-0.3, -0.25) is 4.68 Å². The summed E-state index contributed by atoms with van der Waals surface area (Å²) in [6.07, 6.45) is 1.14. The maximum Gasteiger partial charge on any atom is 0.111 e. The highest BCUT2D eigenvalue weighted by Gasteiger charge is 2.04. The largest absolute Gasteiger partial charge is 0.387 e. The zero-order chi connectivity index (χ0) is 8.27. The van der Waals surface area contributed by atoms with Crippen molar-refractivity contribution in [3.05, 3.63) is 11.9 Å². The Labute approximate surface area is 64.8 Å². The van der Waals surface area contributed by atoms with Crippen LogP contribution in [-0.4, -0.2) is 26.6 Å². The Morgan fingerprint density at radius 2 is 2.55 bits per heavy atom. The van der Waals surface area contributed by atoms with Gasteiger partial charge in [0.1, 0.15) is 5.69 Å². The first-order valence-electron chi connectivity index (χ1n) is 3.52. The maximum atomic E-state index is 9.06. The van der Waals surface area contributed by atoms with Crippen molar-refractivity contribution in [2.45, 2.75) is 19.6 Å². The lowest BCUT2D eigenvalue weighted by molar-refractivity contribution is 0.194. The lowest BCUT2D eigenvalue weighted by Crippen LogP contribution is -2.10. The van der Waals surface area contributed by atoms with E-state index in [1.54, 1.807) is 17.8 Å². The van der Waals surface area contributed by atoms with E-state index in [1.165, 1.54) is 0 Å². The summed E-state index contributed by atoms with van der Waals surface area (Å²) in [6, 6.07) is 0. The van der Waals surface area contributed by atoms with E-state index < -0.39 is 6.10 Å². The van der Waals surface area contributed by atoms with Crippen molar-refractivity contribution in [2.75, 3.05) is 6.54 Å². The van der Waals surface area contributed by atoms with Crippen LogP contribution in [0.4, 0.5) is 0 Å². The Balaban J connectivity index is 2.66. The highest BCUT2D eigenvalue weighted by atomic mass is 16.3. The molecule has 62 valence electrons. The molecule has 1 atom stereocenters.